The van der Waals surface area contributed by atoms with Crippen LogP contribution in [0.1, 0.15) is 52.5 Å². The molecule has 1 aromatic rings. The SMILES string of the molecule is CCCNCC(CCC(C)(C)C)Cc1cccc(Br)c1. The van der Waals surface area contributed by atoms with Gasteiger partial charge in [0.2, 0.25) is 0 Å². The highest BCUT2D eigenvalue weighted by molar-refractivity contribution is 9.10. The second-order valence-electron chi connectivity index (χ2n) is 7.00. The molecular formula is C18H30BrN. The molecular weight excluding hydrogens is 310 g/mol. The number of hydrogen-bond donors (Lipinski definition) is 1. The zero-order valence-electron chi connectivity index (χ0n) is 13.5. The largest absolute Gasteiger partial charge is 0.316 e. The van der Waals surface area contributed by atoms with Crippen LogP contribution < -0.4 is 5.32 Å². The Morgan fingerprint density at radius 3 is 2.60 bits per heavy atom. The van der Waals surface area contributed by atoms with Crippen molar-refractivity contribution in [1.82, 2.24) is 5.32 Å². The summed E-state index contributed by atoms with van der Waals surface area (Å²) in [5, 5.41) is 3.59. The van der Waals surface area contributed by atoms with Crippen molar-refractivity contribution in [2.75, 3.05) is 13.1 Å². The third kappa shape index (κ3) is 8.06. The first-order valence-corrected chi connectivity index (χ1v) is 8.65. The van der Waals surface area contributed by atoms with Crippen LogP contribution in [0.4, 0.5) is 0 Å². The van der Waals surface area contributed by atoms with E-state index in [0.29, 0.717) is 5.41 Å². The lowest BCUT2D eigenvalue weighted by Crippen LogP contribution is -2.26. The van der Waals surface area contributed by atoms with Gasteiger partial charge in [-0.05, 0) is 67.8 Å². The fourth-order valence-corrected chi connectivity index (χ4v) is 2.84. The van der Waals surface area contributed by atoms with Crippen molar-refractivity contribution in [3.63, 3.8) is 0 Å². The highest BCUT2D eigenvalue weighted by Crippen LogP contribution is 2.25. The molecule has 0 fully saturated rings. The van der Waals surface area contributed by atoms with Crippen LogP contribution in [0.15, 0.2) is 28.7 Å². The van der Waals surface area contributed by atoms with Gasteiger partial charge >= 0.3 is 0 Å². The summed E-state index contributed by atoms with van der Waals surface area (Å²) in [6.45, 7) is 11.5. The lowest BCUT2D eigenvalue weighted by Gasteiger charge is -2.24. The molecule has 0 saturated heterocycles. The molecule has 0 saturated carbocycles. The predicted octanol–water partition coefficient (Wildman–Crippen LogP) is 5.43. The minimum absolute atomic E-state index is 0.431. The molecule has 1 unspecified atom stereocenters. The summed E-state index contributed by atoms with van der Waals surface area (Å²) in [6, 6.07) is 8.74. The average Bonchev–Trinajstić information content (AvgIpc) is 2.35. The summed E-state index contributed by atoms with van der Waals surface area (Å²) in [6.07, 6.45) is 4.97. The topological polar surface area (TPSA) is 12.0 Å². The molecule has 0 aliphatic rings. The Hall–Kier alpha value is -0.340. The highest BCUT2D eigenvalue weighted by atomic mass is 79.9. The molecule has 0 aromatic heterocycles. The Balaban J connectivity index is 2.56. The summed E-state index contributed by atoms with van der Waals surface area (Å²) in [5.74, 6) is 0.732. The van der Waals surface area contributed by atoms with Crippen LogP contribution in [0.25, 0.3) is 0 Å². The summed E-state index contributed by atoms with van der Waals surface area (Å²) in [5.41, 5.74) is 1.87. The smallest absolute Gasteiger partial charge is 0.0177 e. The van der Waals surface area contributed by atoms with Crippen molar-refractivity contribution >= 4 is 15.9 Å². The molecule has 1 nitrogen and oxygen atoms in total. The summed E-state index contributed by atoms with van der Waals surface area (Å²) >= 11 is 3.57. The molecule has 0 heterocycles. The first-order valence-electron chi connectivity index (χ1n) is 7.86. The zero-order valence-corrected chi connectivity index (χ0v) is 15.1. The van der Waals surface area contributed by atoms with Gasteiger partial charge in [0.15, 0.2) is 0 Å². The molecule has 1 atom stereocenters. The van der Waals surface area contributed by atoms with Gasteiger partial charge in [-0.3, -0.25) is 0 Å². The van der Waals surface area contributed by atoms with Crippen molar-refractivity contribution < 1.29 is 0 Å². The van der Waals surface area contributed by atoms with Gasteiger partial charge in [0.05, 0.1) is 0 Å². The van der Waals surface area contributed by atoms with Crippen LogP contribution in [0.2, 0.25) is 0 Å². The fraction of sp³-hybridized carbons (Fsp3) is 0.667. The maximum atomic E-state index is 3.59. The molecule has 0 amide bonds. The van der Waals surface area contributed by atoms with Crippen molar-refractivity contribution in [3.05, 3.63) is 34.3 Å². The third-order valence-corrected chi connectivity index (χ3v) is 4.07. The highest BCUT2D eigenvalue weighted by Gasteiger charge is 2.15. The fourth-order valence-electron chi connectivity index (χ4n) is 2.39. The van der Waals surface area contributed by atoms with Gasteiger partial charge in [0, 0.05) is 4.47 Å². The minimum Gasteiger partial charge on any atom is -0.316 e. The van der Waals surface area contributed by atoms with E-state index >= 15 is 0 Å². The number of rotatable bonds is 8. The van der Waals surface area contributed by atoms with Crippen LogP contribution in [0, 0.1) is 11.3 Å². The van der Waals surface area contributed by atoms with Gasteiger partial charge in [0.1, 0.15) is 0 Å². The summed E-state index contributed by atoms with van der Waals surface area (Å²) in [4.78, 5) is 0. The Kier molecular flexibility index (Phi) is 7.83. The van der Waals surface area contributed by atoms with Crippen molar-refractivity contribution in [2.24, 2.45) is 11.3 Å². The van der Waals surface area contributed by atoms with E-state index in [1.54, 1.807) is 0 Å². The monoisotopic (exact) mass is 339 g/mol. The maximum Gasteiger partial charge on any atom is 0.0177 e. The van der Waals surface area contributed by atoms with Crippen LogP contribution >= 0.6 is 15.9 Å². The van der Waals surface area contributed by atoms with Crippen LogP contribution in [-0.2, 0) is 6.42 Å². The average molecular weight is 340 g/mol. The molecule has 0 bridgehead atoms. The van der Waals surface area contributed by atoms with Crippen LogP contribution in [0.3, 0.4) is 0 Å². The van der Waals surface area contributed by atoms with E-state index in [9.17, 15) is 0 Å². The van der Waals surface area contributed by atoms with Gasteiger partial charge in [-0.2, -0.15) is 0 Å². The Bertz CT molecular complexity index is 381. The van der Waals surface area contributed by atoms with E-state index in [-0.39, 0.29) is 0 Å². The van der Waals surface area contributed by atoms with Gasteiger partial charge in [-0.15, -0.1) is 0 Å². The zero-order chi connectivity index (χ0) is 15.0. The van der Waals surface area contributed by atoms with Gasteiger partial charge in [0.25, 0.3) is 0 Å². The van der Waals surface area contributed by atoms with E-state index in [1.165, 1.54) is 35.7 Å². The number of benzene rings is 1. The van der Waals surface area contributed by atoms with E-state index in [1.807, 2.05) is 0 Å². The second-order valence-corrected chi connectivity index (χ2v) is 7.92. The lowest BCUT2D eigenvalue weighted by molar-refractivity contribution is 0.314. The summed E-state index contributed by atoms with van der Waals surface area (Å²) < 4.78 is 1.19. The Morgan fingerprint density at radius 1 is 1.25 bits per heavy atom. The van der Waals surface area contributed by atoms with E-state index in [0.717, 1.165) is 19.0 Å². The quantitative estimate of drug-likeness (QED) is 0.622. The molecule has 0 radical (unpaired) electrons. The maximum absolute atomic E-state index is 3.59. The Morgan fingerprint density at radius 2 is 2.00 bits per heavy atom. The van der Waals surface area contributed by atoms with Crippen LogP contribution in [-0.4, -0.2) is 13.1 Å². The lowest BCUT2D eigenvalue weighted by atomic mass is 9.84. The van der Waals surface area contributed by atoms with E-state index < -0.39 is 0 Å². The normalized spacial score (nSPS) is 13.4. The standard InChI is InChI=1S/C18H30BrN/c1-5-11-20-14-16(9-10-18(2,3)4)12-15-7-6-8-17(19)13-15/h6-8,13,16,20H,5,9-12,14H2,1-4H3. The minimum atomic E-state index is 0.431. The van der Waals surface area contributed by atoms with Gasteiger partial charge < -0.3 is 5.32 Å². The summed E-state index contributed by atoms with van der Waals surface area (Å²) in [7, 11) is 0. The molecule has 0 aliphatic heterocycles. The van der Waals surface area contributed by atoms with Crippen molar-refractivity contribution in [2.45, 2.75) is 53.4 Å². The molecule has 0 spiro atoms. The number of hydrogen-bond acceptors (Lipinski definition) is 1. The van der Waals surface area contributed by atoms with E-state index in [4.69, 9.17) is 0 Å². The van der Waals surface area contributed by atoms with Gasteiger partial charge in [-0.1, -0.05) is 55.8 Å². The first-order chi connectivity index (χ1) is 9.40. The third-order valence-electron chi connectivity index (χ3n) is 3.58. The van der Waals surface area contributed by atoms with Crippen LogP contribution in [0.5, 0.6) is 0 Å². The second kappa shape index (κ2) is 8.84. The predicted molar refractivity (Wildman–Crippen MR) is 93.2 cm³/mol. The molecule has 1 aromatic carbocycles. The van der Waals surface area contributed by atoms with E-state index in [2.05, 4.69) is 73.2 Å². The molecule has 1 rings (SSSR count). The van der Waals surface area contributed by atoms with Crippen molar-refractivity contribution in [1.29, 1.82) is 0 Å². The molecule has 2 heteroatoms. The molecule has 0 aliphatic carbocycles. The molecule has 1 N–H and O–H groups in total. The number of halogens is 1. The van der Waals surface area contributed by atoms with Gasteiger partial charge in [-0.25, -0.2) is 0 Å². The molecule has 114 valence electrons. The first kappa shape index (κ1) is 17.7. The van der Waals surface area contributed by atoms with Crippen molar-refractivity contribution in [3.8, 4) is 0 Å². The molecule has 20 heavy (non-hydrogen) atoms. The Labute approximate surface area is 133 Å². The number of nitrogens with one attached hydrogen (secondary N) is 1.